The fraction of sp³-hybridized carbons (Fsp3) is 0.364. The number of nitrogens with zero attached hydrogens (tertiary/aromatic N) is 1. The zero-order valence-electron chi connectivity index (χ0n) is 23.7. The Morgan fingerprint density at radius 1 is 1.10 bits per heavy atom. The van der Waals surface area contributed by atoms with Gasteiger partial charge in [-0.1, -0.05) is 36.4 Å². The molecule has 218 valence electrons. The summed E-state index contributed by atoms with van der Waals surface area (Å²) in [5.41, 5.74) is 3.09. The highest BCUT2D eigenvalue weighted by Crippen LogP contribution is 2.38. The van der Waals surface area contributed by atoms with Gasteiger partial charge >= 0.3 is 0 Å². The second-order valence-corrected chi connectivity index (χ2v) is 11.4. The molecule has 1 saturated heterocycles. The van der Waals surface area contributed by atoms with E-state index in [4.69, 9.17) is 14.2 Å². The van der Waals surface area contributed by atoms with Gasteiger partial charge in [0, 0.05) is 18.0 Å². The number of amides is 2. The largest absolute Gasteiger partial charge is 0.490 e. The first kappa shape index (κ1) is 29.4. The molecule has 1 aliphatic heterocycles. The number of hydrogen-bond acceptors (Lipinski definition) is 7. The predicted octanol–water partition coefficient (Wildman–Crippen LogP) is 6.06. The first-order valence-electron chi connectivity index (χ1n) is 14.5. The molecule has 1 aromatic heterocycles. The fourth-order valence-electron chi connectivity index (χ4n) is 5.22. The van der Waals surface area contributed by atoms with Gasteiger partial charge in [-0.3, -0.25) is 9.59 Å². The summed E-state index contributed by atoms with van der Waals surface area (Å²) < 4.78 is 17.4. The Balaban J connectivity index is 1.33. The van der Waals surface area contributed by atoms with Crippen molar-refractivity contribution in [1.82, 2.24) is 5.32 Å². The normalized spacial score (nSPS) is 16.3. The maximum atomic E-state index is 13.3. The van der Waals surface area contributed by atoms with E-state index in [9.17, 15) is 14.9 Å². The highest BCUT2D eigenvalue weighted by atomic mass is 32.1. The topological polar surface area (TPSA) is 110 Å². The molecule has 0 radical (unpaired) electrons. The summed E-state index contributed by atoms with van der Waals surface area (Å²) in [4.78, 5) is 27.8. The molecular formula is C33H35N3O5S. The minimum Gasteiger partial charge on any atom is -0.490 e. The van der Waals surface area contributed by atoms with Crippen LogP contribution in [-0.4, -0.2) is 37.7 Å². The van der Waals surface area contributed by atoms with E-state index in [1.807, 2.05) is 43.3 Å². The van der Waals surface area contributed by atoms with Gasteiger partial charge in [-0.2, -0.15) is 5.26 Å². The van der Waals surface area contributed by atoms with Crippen LogP contribution in [0.5, 0.6) is 11.5 Å². The summed E-state index contributed by atoms with van der Waals surface area (Å²) in [6, 6.07) is 17.2. The molecule has 0 saturated carbocycles. The molecule has 0 spiro atoms. The molecule has 2 aromatic carbocycles. The lowest BCUT2D eigenvalue weighted by molar-refractivity contribution is -0.112. The standard InChI is InChI=1S/C33H35N3O5S/c1-2-39-28-18-23(14-15-27(28)41-21-22-9-4-3-5-10-22)17-24(19-34)31(37)36-33-30(26-12-6-7-13-29(26)42-33)32(38)35-20-25-11-8-16-40-25/h3-5,9-10,14-15,17-18,25H,2,6-8,11-13,16,20-21H2,1H3,(H,35,38)(H,36,37)/b24-17+/t25-/m1/s1. The zero-order valence-corrected chi connectivity index (χ0v) is 24.6. The average Bonchev–Trinajstić information content (AvgIpc) is 3.66. The van der Waals surface area contributed by atoms with E-state index < -0.39 is 5.91 Å². The molecule has 2 amide bonds. The van der Waals surface area contributed by atoms with Crippen LogP contribution in [0, 0.1) is 11.3 Å². The van der Waals surface area contributed by atoms with Crippen molar-refractivity contribution in [2.45, 2.75) is 58.2 Å². The molecular weight excluding hydrogens is 550 g/mol. The third-order valence-electron chi connectivity index (χ3n) is 7.32. The van der Waals surface area contributed by atoms with Gasteiger partial charge in [0.15, 0.2) is 11.5 Å². The molecule has 5 rings (SSSR count). The highest BCUT2D eigenvalue weighted by molar-refractivity contribution is 7.17. The number of anilines is 1. The lowest BCUT2D eigenvalue weighted by Crippen LogP contribution is -2.32. The molecule has 0 bridgehead atoms. The quantitative estimate of drug-likeness (QED) is 0.209. The number of benzene rings is 2. The van der Waals surface area contributed by atoms with Crippen molar-refractivity contribution in [3.63, 3.8) is 0 Å². The van der Waals surface area contributed by atoms with Crippen LogP contribution >= 0.6 is 11.3 Å². The smallest absolute Gasteiger partial charge is 0.266 e. The van der Waals surface area contributed by atoms with Gasteiger partial charge in [0.2, 0.25) is 0 Å². The van der Waals surface area contributed by atoms with Crippen molar-refractivity contribution in [2.75, 3.05) is 25.1 Å². The molecule has 42 heavy (non-hydrogen) atoms. The molecule has 2 aliphatic rings. The molecule has 1 atom stereocenters. The number of aryl methyl sites for hydroxylation is 1. The molecule has 0 unspecified atom stereocenters. The van der Waals surface area contributed by atoms with E-state index in [0.29, 0.717) is 54.0 Å². The van der Waals surface area contributed by atoms with Crippen molar-refractivity contribution in [3.8, 4) is 17.6 Å². The number of nitrogens with one attached hydrogen (secondary N) is 2. The van der Waals surface area contributed by atoms with Gasteiger partial charge < -0.3 is 24.8 Å². The van der Waals surface area contributed by atoms with E-state index in [1.54, 1.807) is 18.2 Å². The van der Waals surface area contributed by atoms with E-state index in [1.165, 1.54) is 17.4 Å². The molecule has 1 aliphatic carbocycles. The predicted molar refractivity (Wildman–Crippen MR) is 163 cm³/mol. The molecule has 3 aromatic rings. The third kappa shape index (κ3) is 7.19. The van der Waals surface area contributed by atoms with E-state index in [0.717, 1.165) is 54.5 Å². The third-order valence-corrected chi connectivity index (χ3v) is 8.53. The first-order chi connectivity index (χ1) is 20.6. The summed E-state index contributed by atoms with van der Waals surface area (Å²) in [6.45, 7) is 3.85. The second-order valence-electron chi connectivity index (χ2n) is 10.3. The highest BCUT2D eigenvalue weighted by Gasteiger charge is 2.28. The van der Waals surface area contributed by atoms with Crippen LogP contribution in [-0.2, 0) is 29.0 Å². The number of thiophene rings is 1. The number of rotatable bonds is 11. The molecule has 8 nitrogen and oxygen atoms in total. The number of fused-ring (bicyclic) bond motifs is 1. The molecule has 2 heterocycles. The molecule has 9 heteroatoms. The van der Waals surface area contributed by atoms with Crippen LogP contribution in [0.25, 0.3) is 6.08 Å². The van der Waals surface area contributed by atoms with E-state index in [-0.39, 0.29) is 17.6 Å². The number of ether oxygens (including phenoxy) is 3. The maximum Gasteiger partial charge on any atom is 0.266 e. The van der Waals surface area contributed by atoms with Gasteiger partial charge in [-0.05, 0) is 80.3 Å². The Bertz CT molecular complexity index is 1490. The zero-order chi connectivity index (χ0) is 29.3. The molecule has 2 N–H and O–H groups in total. The van der Waals surface area contributed by atoms with Crippen molar-refractivity contribution < 1.29 is 23.8 Å². The van der Waals surface area contributed by atoms with Crippen molar-refractivity contribution >= 4 is 34.2 Å². The first-order valence-corrected chi connectivity index (χ1v) is 15.3. The van der Waals surface area contributed by atoms with Gasteiger partial charge in [0.25, 0.3) is 11.8 Å². The Morgan fingerprint density at radius 2 is 1.93 bits per heavy atom. The van der Waals surface area contributed by atoms with Gasteiger partial charge in [0.05, 0.1) is 18.3 Å². The van der Waals surface area contributed by atoms with Crippen LogP contribution in [0.1, 0.15) is 64.5 Å². The lowest BCUT2D eigenvalue weighted by atomic mass is 9.95. The Morgan fingerprint density at radius 3 is 2.69 bits per heavy atom. The van der Waals surface area contributed by atoms with Crippen LogP contribution in [0.4, 0.5) is 5.00 Å². The maximum absolute atomic E-state index is 13.3. The average molecular weight is 586 g/mol. The summed E-state index contributed by atoms with van der Waals surface area (Å²) in [6.07, 6.45) is 7.18. The van der Waals surface area contributed by atoms with Crippen LogP contribution in [0.3, 0.4) is 0 Å². The minimum absolute atomic E-state index is 0.0197. The monoisotopic (exact) mass is 585 g/mol. The van der Waals surface area contributed by atoms with Gasteiger partial charge in [-0.15, -0.1) is 11.3 Å². The summed E-state index contributed by atoms with van der Waals surface area (Å²) in [5, 5.41) is 16.3. The summed E-state index contributed by atoms with van der Waals surface area (Å²) in [7, 11) is 0. The molecule has 1 fully saturated rings. The Hall–Kier alpha value is -4.13. The lowest BCUT2D eigenvalue weighted by Gasteiger charge is -2.15. The van der Waals surface area contributed by atoms with Crippen LogP contribution < -0.4 is 20.1 Å². The summed E-state index contributed by atoms with van der Waals surface area (Å²) in [5.74, 6) is 0.321. The van der Waals surface area contributed by atoms with Gasteiger partial charge in [0.1, 0.15) is 23.3 Å². The minimum atomic E-state index is -0.563. The fourth-order valence-corrected chi connectivity index (χ4v) is 6.50. The van der Waals surface area contributed by atoms with Crippen molar-refractivity contribution in [3.05, 3.63) is 81.2 Å². The second kappa shape index (κ2) is 14.2. The van der Waals surface area contributed by atoms with E-state index >= 15 is 0 Å². The van der Waals surface area contributed by atoms with Crippen LogP contribution in [0.2, 0.25) is 0 Å². The van der Waals surface area contributed by atoms with E-state index in [2.05, 4.69) is 10.6 Å². The van der Waals surface area contributed by atoms with Crippen molar-refractivity contribution in [2.24, 2.45) is 0 Å². The number of carbonyl (C=O) groups excluding carboxylic acids is 2. The summed E-state index contributed by atoms with van der Waals surface area (Å²) >= 11 is 1.43. The van der Waals surface area contributed by atoms with Crippen LogP contribution in [0.15, 0.2) is 54.1 Å². The van der Waals surface area contributed by atoms with Gasteiger partial charge in [-0.25, -0.2) is 0 Å². The number of nitriles is 1. The SMILES string of the molecule is CCOc1cc(/C=C(\C#N)C(=O)Nc2sc3c(c2C(=O)NC[C@H]2CCCO2)CCCC3)ccc1OCc1ccccc1. The number of carbonyl (C=O) groups is 2. The Labute approximate surface area is 250 Å². The van der Waals surface area contributed by atoms with Crippen molar-refractivity contribution in [1.29, 1.82) is 5.26 Å². The Kier molecular flexibility index (Phi) is 9.90. The number of hydrogen-bond donors (Lipinski definition) is 2.